The van der Waals surface area contributed by atoms with Gasteiger partial charge in [0.25, 0.3) is 0 Å². The van der Waals surface area contributed by atoms with E-state index in [4.69, 9.17) is 10.7 Å². The van der Waals surface area contributed by atoms with Crippen LogP contribution in [0.3, 0.4) is 0 Å². The van der Waals surface area contributed by atoms with Crippen molar-refractivity contribution >= 4 is 11.6 Å². The average Bonchev–Trinajstić information content (AvgIpc) is 3.42. The zero-order valence-corrected chi connectivity index (χ0v) is 19.3. The highest BCUT2D eigenvalue weighted by atomic mass is 19.4. The minimum atomic E-state index is -4.58. The quantitative estimate of drug-likeness (QED) is 0.441. The molecule has 3 aromatic heterocycles. The van der Waals surface area contributed by atoms with E-state index >= 15 is 0 Å². The van der Waals surface area contributed by atoms with Crippen molar-refractivity contribution in [2.24, 2.45) is 11.1 Å². The number of nitrogens with zero attached hydrogens (tertiary/aromatic N) is 5. The SMILES string of the molecule is Cc1nc(N2CCC3(CC2)Cc2ccccc2C3N)n2ccnc2c1-c1cccnc1C(F)(F)F. The number of rotatable bonds is 2. The Bertz CT molecular complexity index is 1420. The van der Waals surface area contributed by atoms with Gasteiger partial charge in [0.2, 0.25) is 5.95 Å². The summed E-state index contributed by atoms with van der Waals surface area (Å²) in [6.45, 7) is 3.26. The predicted molar refractivity (Wildman–Crippen MR) is 127 cm³/mol. The van der Waals surface area contributed by atoms with E-state index in [0.717, 1.165) is 38.5 Å². The Kier molecular flexibility index (Phi) is 4.90. The van der Waals surface area contributed by atoms with Gasteiger partial charge in [0, 0.05) is 48.8 Å². The number of aryl methyl sites for hydroxylation is 1. The maximum atomic E-state index is 13.7. The fourth-order valence-corrected chi connectivity index (χ4v) is 5.90. The number of fused-ring (bicyclic) bond motifs is 2. The molecule has 0 amide bonds. The summed E-state index contributed by atoms with van der Waals surface area (Å²) in [7, 11) is 0. The molecule has 0 bridgehead atoms. The lowest BCUT2D eigenvalue weighted by Gasteiger charge is -2.42. The van der Waals surface area contributed by atoms with Crippen LogP contribution in [0.25, 0.3) is 16.8 Å². The van der Waals surface area contributed by atoms with Crippen molar-refractivity contribution < 1.29 is 13.2 Å². The number of nitrogens with two attached hydrogens (primary N) is 1. The normalized spacial score (nSPS) is 19.5. The Hall–Kier alpha value is -3.46. The number of imidazole rings is 1. The molecule has 1 aliphatic carbocycles. The molecule has 0 saturated carbocycles. The van der Waals surface area contributed by atoms with Gasteiger partial charge in [0.05, 0.1) is 5.69 Å². The maximum Gasteiger partial charge on any atom is 0.433 e. The van der Waals surface area contributed by atoms with E-state index in [9.17, 15) is 13.2 Å². The van der Waals surface area contributed by atoms with Gasteiger partial charge in [-0.1, -0.05) is 30.3 Å². The zero-order chi connectivity index (χ0) is 24.4. The molecular weight excluding hydrogens is 453 g/mol. The summed E-state index contributed by atoms with van der Waals surface area (Å²) in [5, 5.41) is 0. The molecule has 1 unspecified atom stereocenters. The molecule has 6 nitrogen and oxygen atoms in total. The highest BCUT2D eigenvalue weighted by Gasteiger charge is 2.46. The lowest BCUT2D eigenvalue weighted by molar-refractivity contribution is -0.140. The Morgan fingerprint density at radius 1 is 1.03 bits per heavy atom. The molecule has 1 fully saturated rings. The first-order valence-electron chi connectivity index (χ1n) is 11.7. The summed E-state index contributed by atoms with van der Waals surface area (Å²) in [5.41, 5.74) is 9.66. The van der Waals surface area contributed by atoms with Crippen molar-refractivity contribution in [1.82, 2.24) is 19.4 Å². The van der Waals surface area contributed by atoms with Crippen molar-refractivity contribution in [3.63, 3.8) is 0 Å². The predicted octanol–water partition coefficient (Wildman–Crippen LogP) is 4.96. The van der Waals surface area contributed by atoms with E-state index in [1.165, 1.54) is 23.3 Å². The second-order valence-corrected chi connectivity index (χ2v) is 9.59. The molecule has 1 atom stereocenters. The average molecular weight is 479 g/mol. The lowest BCUT2D eigenvalue weighted by Crippen LogP contribution is -2.45. The Labute approximate surface area is 200 Å². The molecule has 35 heavy (non-hydrogen) atoms. The van der Waals surface area contributed by atoms with Crippen molar-refractivity contribution in [2.75, 3.05) is 18.0 Å². The number of halogens is 3. The number of pyridine rings is 1. The van der Waals surface area contributed by atoms with Crippen molar-refractivity contribution in [2.45, 2.75) is 38.4 Å². The minimum absolute atomic E-state index is 0.0116. The molecule has 2 N–H and O–H groups in total. The molecular formula is C26H25F3N6. The van der Waals surface area contributed by atoms with E-state index in [1.807, 2.05) is 6.07 Å². The smallest absolute Gasteiger partial charge is 0.342 e. The number of aromatic nitrogens is 4. The molecule has 180 valence electrons. The molecule has 4 aromatic rings. The van der Waals surface area contributed by atoms with Crippen LogP contribution in [0.2, 0.25) is 0 Å². The topological polar surface area (TPSA) is 72.3 Å². The van der Waals surface area contributed by atoms with Crippen LogP contribution < -0.4 is 10.6 Å². The van der Waals surface area contributed by atoms with Gasteiger partial charge in [-0.05, 0) is 48.8 Å². The van der Waals surface area contributed by atoms with Gasteiger partial charge in [0.1, 0.15) is 5.65 Å². The Morgan fingerprint density at radius 3 is 2.54 bits per heavy atom. The fourth-order valence-electron chi connectivity index (χ4n) is 5.90. The van der Waals surface area contributed by atoms with E-state index in [0.29, 0.717) is 22.9 Å². The monoisotopic (exact) mass is 478 g/mol. The number of hydrogen-bond acceptors (Lipinski definition) is 5. The van der Waals surface area contributed by atoms with Crippen LogP contribution in [0, 0.1) is 12.3 Å². The van der Waals surface area contributed by atoms with Crippen molar-refractivity contribution in [3.05, 3.63) is 77.5 Å². The fraction of sp³-hybridized carbons (Fsp3) is 0.346. The Morgan fingerprint density at radius 2 is 1.80 bits per heavy atom. The number of piperidine rings is 1. The van der Waals surface area contributed by atoms with Crippen LogP contribution in [0.1, 0.15) is 41.4 Å². The highest BCUT2D eigenvalue weighted by molar-refractivity contribution is 5.82. The molecule has 9 heteroatoms. The van der Waals surface area contributed by atoms with E-state index in [1.54, 1.807) is 23.7 Å². The third-order valence-corrected chi connectivity index (χ3v) is 7.69. The highest BCUT2D eigenvalue weighted by Crippen LogP contribution is 2.51. The van der Waals surface area contributed by atoms with Crippen molar-refractivity contribution in [3.8, 4) is 11.1 Å². The van der Waals surface area contributed by atoms with Gasteiger partial charge in [-0.25, -0.2) is 9.97 Å². The molecule has 4 heterocycles. The van der Waals surface area contributed by atoms with Crippen LogP contribution in [0.5, 0.6) is 0 Å². The van der Waals surface area contributed by atoms with Crippen LogP contribution >= 0.6 is 0 Å². The van der Waals surface area contributed by atoms with Crippen LogP contribution in [0.15, 0.2) is 55.0 Å². The van der Waals surface area contributed by atoms with E-state index in [2.05, 4.69) is 33.1 Å². The number of alkyl halides is 3. The number of anilines is 1. The second-order valence-electron chi connectivity index (χ2n) is 9.59. The van der Waals surface area contributed by atoms with Gasteiger partial charge in [-0.15, -0.1) is 0 Å². The van der Waals surface area contributed by atoms with E-state index < -0.39 is 11.9 Å². The van der Waals surface area contributed by atoms with Gasteiger partial charge in [-0.2, -0.15) is 13.2 Å². The largest absolute Gasteiger partial charge is 0.433 e. The second kappa shape index (κ2) is 7.78. The van der Waals surface area contributed by atoms with Gasteiger partial charge >= 0.3 is 6.18 Å². The molecule has 1 aliphatic heterocycles. The molecule has 1 spiro atoms. The molecule has 1 aromatic carbocycles. The first-order chi connectivity index (χ1) is 16.8. The van der Waals surface area contributed by atoms with Gasteiger partial charge < -0.3 is 10.6 Å². The van der Waals surface area contributed by atoms with Crippen LogP contribution in [0.4, 0.5) is 19.1 Å². The molecule has 2 aliphatic rings. The maximum absolute atomic E-state index is 13.7. The van der Waals surface area contributed by atoms with Crippen LogP contribution in [-0.2, 0) is 12.6 Å². The van der Waals surface area contributed by atoms with E-state index in [-0.39, 0.29) is 17.0 Å². The minimum Gasteiger partial charge on any atom is -0.342 e. The van der Waals surface area contributed by atoms with Gasteiger partial charge in [0.15, 0.2) is 5.69 Å². The van der Waals surface area contributed by atoms with Crippen LogP contribution in [-0.4, -0.2) is 32.4 Å². The Balaban J connectivity index is 1.35. The summed E-state index contributed by atoms with van der Waals surface area (Å²) >= 11 is 0. The third kappa shape index (κ3) is 3.40. The summed E-state index contributed by atoms with van der Waals surface area (Å²) in [6, 6.07) is 11.4. The van der Waals surface area contributed by atoms with Gasteiger partial charge in [-0.3, -0.25) is 9.38 Å². The summed E-state index contributed by atoms with van der Waals surface area (Å²) < 4.78 is 42.9. The molecule has 6 rings (SSSR count). The molecule has 1 saturated heterocycles. The summed E-state index contributed by atoms with van der Waals surface area (Å²) in [6.07, 6.45) is 2.75. The number of hydrogen-bond donors (Lipinski definition) is 1. The standard InChI is InChI=1S/C26H25F3N6/c1-16-20(19-7-4-10-31-22(19)26(27,28)29)23-32-11-14-35(23)24(33-16)34-12-8-25(9-13-34)15-17-5-2-3-6-18(17)21(25)30/h2-7,10-11,14,21H,8-9,12-13,15,30H2,1H3. The first-order valence-corrected chi connectivity index (χ1v) is 11.7. The third-order valence-electron chi connectivity index (χ3n) is 7.69. The lowest BCUT2D eigenvalue weighted by atomic mass is 9.73. The summed E-state index contributed by atoms with van der Waals surface area (Å²) in [5.74, 6) is 0.690. The zero-order valence-electron chi connectivity index (χ0n) is 19.3. The number of benzene rings is 1. The first kappa shape index (κ1) is 22.0. The summed E-state index contributed by atoms with van der Waals surface area (Å²) in [4.78, 5) is 15.0. The molecule has 0 radical (unpaired) electrons. The van der Waals surface area contributed by atoms with Crippen molar-refractivity contribution in [1.29, 1.82) is 0 Å².